The Morgan fingerprint density at radius 1 is 1.14 bits per heavy atom. The van der Waals surface area contributed by atoms with Gasteiger partial charge in [-0.1, -0.05) is 33.8 Å². The summed E-state index contributed by atoms with van der Waals surface area (Å²) in [6.07, 6.45) is 6.46. The topological polar surface area (TPSA) is 3.24 Å². The van der Waals surface area contributed by atoms with Crippen molar-refractivity contribution < 1.29 is 0 Å². The maximum absolute atomic E-state index is 2.58. The van der Waals surface area contributed by atoms with E-state index in [1.165, 1.54) is 32.4 Å². The summed E-state index contributed by atoms with van der Waals surface area (Å²) in [5.41, 5.74) is 1.59. The van der Waals surface area contributed by atoms with Crippen LogP contribution in [-0.4, -0.2) is 18.0 Å². The highest BCUT2D eigenvalue weighted by Gasteiger charge is 2.15. The van der Waals surface area contributed by atoms with Gasteiger partial charge in [0.25, 0.3) is 0 Å². The van der Waals surface area contributed by atoms with Gasteiger partial charge in [-0.05, 0) is 31.1 Å². The zero-order chi connectivity index (χ0) is 10.6. The van der Waals surface area contributed by atoms with E-state index in [9.17, 15) is 0 Å². The molecule has 0 unspecified atom stereocenters. The van der Waals surface area contributed by atoms with Gasteiger partial charge >= 0.3 is 0 Å². The van der Waals surface area contributed by atoms with Gasteiger partial charge in [0, 0.05) is 18.8 Å². The molecule has 0 aromatic heterocycles. The van der Waals surface area contributed by atoms with Gasteiger partial charge in [-0.2, -0.15) is 0 Å². The van der Waals surface area contributed by atoms with Gasteiger partial charge in [-0.25, -0.2) is 0 Å². The predicted octanol–water partition coefficient (Wildman–Crippen LogP) is 3.67. The lowest BCUT2D eigenvalue weighted by molar-refractivity contribution is 0.384. The molecule has 82 valence electrons. The van der Waals surface area contributed by atoms with E-state index in [1.807, 2.05) is 0 Å². The van der Waals surface area contributed by atoms with Gasteiger partial charge in [-0.15, -0.1) is 0 Å². The molecule has 0 spiro atoms. The van der Waals surface area contributed by atoms with Crippen LogP contribution in [-0.2, 0) is 0 Å². The quantitative estimate of drug-likeness (QED) is 0.661. The van der Waals surface area contributed by atoms with Crippen molar-refractivity contribution in [3.63, 3.8) is 0 Å². The summed E-state index contributed by atoms with van der Waals surface area (Å²) in [5, 5.41) is 0. The SMILES string of the molecule is CC(C)/C=C(/CC(C)C)N1CCCC1. The third-order valence-corrected chi connectivity index (χ3v) is 2.66. The van der Waals surface area contributed by atoms with Crippen molar-refractivity contribution in [3.8, 4) is 0 Å². The summed E-state index contributed by atoms with van der Waals surface area (Å²) in [6.45, 7) is 11.7. The van der Waals surface area contributed by atoms with Crippen LogP contribution in [0.1, 0.15) is 47.0 Å². The van der Waals surface area contributed by atoms with Crippen LogP contribution in [0.3, 0.4) is 0 Å². The summed E-state index contributed by atoms with van der Waals surface area (Å²) in [7, 11) is 0. The van der Waals surface area contributed by atoms with Crippen LogP contribution in [0.15, 0.2) is 11.8 Å². The minimum absolute atomic E-state index is 0.685. The molecule has 1 heteroatoms. The first-order valence-electron chi connectivity index (χ1n) is 6.05. The lowest BCUT2D eigenvalue weighted by Gasteiger charge is -2.24. The first kappa shape index (κ1) is 11.6. The molecule has 14 heavy (non-hydrogen) atoms. The van der Waals surface area contributed by atoms with Crippen LogP contribution in [0.5, 0.6) is 0 Å². The van der Waals surface area contributed by atoms with Gasteiger partial charge < -0.3 is 4.90 Å². The van der Waals surface area contributed by atoms with Crippen LogP contribution in [0, 0.1) is 11.8 Å². The Kier molecular flexibility index (Phi) is 4.50. The lowest BCUT2D eigenvalue weighted by atomic mass is 10.0. The molecular formula is C13H25N. The zero-order valence-electron chi connectivity index (χ0n) is 10.2. The highest BCUT2D eigenvalue weighted by molar-refractivity contribution is 5.04. The van der Waals surface area contributed by atoms with Crippen molar-refractivity contribution in [1.29, 1.82) is 0 Å². The van der Waals surface area contributed by atoms with Crippen molar-refractivity contribution in [2.24, 2.45) is 11.8 Å². The number of hydrogen-bond acceptors (Lipinski definition) is 1. The molecule has 0 aromatic rings. The Morgan fingerprint density at radius 3 is 2.14 bits per heavy atom. The van der Waals surface area contributed by atoms with E-state index in [0.29, 0.717) is 5.92 Å². The second-order valence-corrected chi connectivity index (χ2v) is 5.19. The van der Waals surface area contributed by atoms with Crippen LogP contribution in [0.25, 0.3) is 0 Å². The number of rotatable bonds is 4. The first-order chi connectivity index (χ1) is 6.59. The summed E-state index contributed by atoms with van der Waals surface area (Å²) in [6, 6.07) is 0. The molecule has 1 saturated heterocycles. The number of likely N-dealkylation sites (tertiary alicyclic amines) is 1. The molecule has 0 bridgehead atoms. The van der Waals surface area contributed by atoms with Gasteiger partial charge in [0.2, 0.25) is 0 Å². The second-order valence-electron chi connectivity index (χ2n) is 5.19. The third kappa shape index (κ3) is 3.73. The fourth-order valence-corrected chi connectivity index (χ4v) is 2.11. The van der Waals surface area contributed by atoms with Crippen LogP contribution in [0.4, 0.5) is 0 Å². The van der Waals surface area contributed by atoms with E-state index in [1.54, 1.807) is 5.70 Å². The van der Waals surface area contributed by atoms with Gasteiger partial charge in [0.15, 0.2) is 0 Å². The number of hydrogen-bond donors (Lipinski definition) is 0. The molecular weight excluding hydrogens is 170 g/mol. The highest BCUT2D eigenvalue weighted by Crippen LogP contribution is 2.22. The van der Waals surface area contributed by atoms with E-state index < -0.39 is 0 Å². The molecule has 0 N–H and O–H groups in total. The highest BCUT2D eigenvalue weighted by atomic mass is 15.1. The standard InChI is InChI=1S/C13H25N/c1-11(2)9-13(10-12(3)4)14-7-5-6-8-14/h9,11-12H,5-8,10H2,1-4H3/b13-9-. The molecule has 1 heterocycles. The predicted molar refractivity (Wildman–Crippen MR) is 63.2 cm³/mol. The first-order valence-corrected chi connectivity index (χ1v) is 6.05. The number of nitrogens with zero attached hydrogens (tertiary/aromatic N) is 1. The Hall–Kier alpha value is -0.460. The second kappa shape index (κ2) is 5.43. The molecule has 1 rings (SSSR count). The van der Waals surface area contributed by atoms with Gasteiger partial charge in [0.05, 0.1) is 0 Å². The summed E-state index contributed by atoms with van der Waals surface area (Å²) >= 11 is 0. The average Bonchev–Trinajstić information content (AvgIpc) is 2.52. The smallest absolute Gasteiger partial charge is 0.0175 e. The van der Waals surface area contributed by atoms with E-state index in [0.717, 1.165) is 5.92 Å². The molecule has 0 aliphatic carbocycles. The van der Waals surface area contributed by atoms with Crippen molar-refractivity contribution in [2.75, 3.05) is 13.1 Å². The largest absolute Gasteiger partial charge is 0.375 e. The van der Waals surface area contributed by atoms with Crippen LogP contribution in [0.2, 0.25) is 0 Å². The van der Waals surface area contributed by atoms with Crippen LogP contribution < -0.4 is 0 Å². The van der Waals surface area contributed by atoms with E-state index in [2.05, 4.69) is 38.7 Å². The Balaban J connectivity index is 2.60. The lowest BCUT2D eigenvalue weighted by Crippen LogP contribution is -2.20. The third-order valence-electron chi connectivity index (χ3n) is 2.66. The zero-order valence-corrected chi connectivity index (χ0v) is 10.2. The Morgan fingerprint density at radius 2 is 1.71 bits per heavy atom. The monoisotopic (exact) mass is 195 g/mol. The summed E-state index contributed by atoms with van der Waals surface area (Å²) in [5.74, 6) is 1.46. The molecule has 0 saturated carbocycles. The van der Waals surface area contributed by atoms with Gasteiger partial charge in [0.1, 0.15) is 0 Å². The van der Waals surface area contributed by atoms with Crippen molar-refractivity contribution >= 4 is 0 Å². The van der Waals surface area contributed by atoms with Gasteiger partial charge in [-0.3, -0.25) is 0 Å². The molecule has 0 amide bonds. The molecule has 1 aliphatic heterocycles. The Labute approximate surface area is 89.2 Å². The van der Waals surface area contributed by atoms with E-state index >= 15 is 0 Å². The van der Waals surface area contributed by atoms with E-state index in [-0.39, 0.29) is 0 Å². The van der Waals surface area contributed by atoms with Crippen molar-refractivity contribution in [3.05, 3.63) is 11.8 Å². The molecule has 0 radical (unpaired) electrons. The van der Waals surface area contributed by atoms with Crippen LogP contribution >= 0.6 is 0 Å². The maximum Gasteiger partial charge on any atom is 0.0175 e. The fourth-order valence-electron chi connectivity index (χ4n) is 2.11. The average molecular weight is 195 g/mol. The fraction of sp³-hybridized carbons (Fsp3) is 0.846. The molecule has 0 aromatic carbocycles. The molecule has 1 aliphatic rings. The van der Waals surface area contributed by atoms with Crippen molar-refractivity contribution in [1.82, 2.24) is 4.90 Å². The molecule has 1 nitrogen and oxygen atoms in total. The molecule has 0 atom stereocenters. The normalized spacial score (nSPS) is 18.7. The minimum atomic E-state index is 0.685. The summed E-state index contributed by atoms with van der Waals surface area (Å²) in [4.78, 5) is 2.58. The minimum Gasteiger partial charge on any atom is -0.375 e. The van der Waals surface area contributed by atoms with E-state index in [4.69, 9.17) is 0 Å². The maximum atomic E-state index is 2.58. The number of allylic oxidation sites excluding steroid dienone is 2. The molecule has 1 fully saturated rings. The van der Waals surface area contributed by atoms with Crippen molar-refractivity contribution in [2.45, 2.75) is 47.0 Å². The summed E-state index contributed by atoms with van der Waals surface area (Å²) < 4.78 is 0. The Bertz CT molecular complexity index is 185.